The van der Waals surface area contributed by atoms with Gasteiger partial charge in [-0.1, -0.05) is 12.2 Å². The van der Waals surface area contributed by atoms with Crippen LogP contribution in [0.2, 0.25) is 0 Å². The van der Waals surface area contributed by atoms with E-state index in [-0.39, 0.29) is 30.3 Å². The van der Waals surface area contributed by atoms with Crippen LogP contribution in [0.4, 0.5) is 0 Å². The number of fused-ring (bicyclic) bond motifs is 2. The zero-order valence-electron chi connectivity index (χ0n) is 7.47. The van der Waals surface area contributed by atoms with Crippen LogP contribution in [0.25, 0.3) is 0 Å². The molecule has 1 saturated carbocycles. The second-order valence-electron chi connectivity index (χ2n) is 3.57. The van der Waals surface area contributed by atoms with E-state index in [1.807, 2.05) is 0 Å². The molecule has 74 valence electrons. The maximum Gasteiger partial charge on any atom is 0.310 e. The first-order valence-electron chi connectivity index (χ1n) is 4.26. The molecule has 0 aromatic heterocycles. The zero-order valence-corrected chi connectivity index (χ0v) is 8.29. The lowest BCUT2D eigenvalue weighted by molar-refractivity contribution is -0.146. The monoisotopic (exact) mass is 203 g/mol. The van der Waals surface area contributed by atoms with Gasteiger partial charge < -0.3 is 10.5 Å². The predicted octanol–water partition coefficient (Wildman–Crippen LogP) is 0.731. The highest BCUT2D eigenvalue weighted by Gasteiger charge is 2.46. The number of ether oxygens (including phenoxy) is 1. The van der Waals surface area contributed by atoms with E-state index in [2.05, 4.69) is 12.2 Å². The lowest BCUT2D eigenvalue weighted by atomic mass is 9.90. The smallest absolute Gasteiger partial charge is 0.310 e. The Morgan fingerprint density at radius 1 is 1.46 bits per heavy atom. The summed E-state index contributed by atoms with van der Waals surface area (Å²) in [6, 6.07) is -0.0209. The summed E-state index contributed by atoms with van der Waals surface area (Å²) in [5.74, 6) is 0.487. The quantitative estimate of drug-likeness (QED) is 0.505. The molecule has 13 heavy (non-hydrogen) atoms. The molecule has 4 atom stereocenters. The Hall–Kier alpha value is -0.540. The molecule has 0 aromatic rings. The molecule has 4 unspecified atom stereocenters. The van der Waals surface area contributed by atoms with E-state index in [1.165, 1.54) is 7.11 Å². The largest absolute Gasteiger partial charge is 0.469 e. The molecule has 2 aliphatic rings. The predicted molar refractivity (Wildman–Crippen MR) is 51.5 cm³/mol. The van der Waals surface area contributed by atoms with Gasteiger partial charge in [-0.2, -0.15) is 0 Å². The summed E-state index contributed by atoms with van der Waals surface area (Å²) in [5, 5.41) is 0. The van der Waals surface area contributed by atoms with Crippen molar-refractivity contribution in [3.8, 4) is 0 Å². The molecular formula is C9H14ClNO2. The molecule has 4 heteroatoms. The zero-order chi connectivity index (χ0) is 8.72. The third kappa shape index (κ3) is 1.46. The second kappa shape index (κ2) is 3.68. The van der Waals surface area contributed by atoms with Crippen molar-refractivity contribution in [3.63, 3.8) is 0 Å². The summed E-state index contributed by atoms with van der Waals surface area (Å²) in [5.41, 5.74) is 5.89. The molecule has 0 amide bonds. The van der Waals surface area contributed by atoms with Gasteiger partial charge in [0.15, 0.2) is 0 Å². The number of halogens is 1. The number of allylic oxidation sites excluding steroid dienone is 1. The van der Waals surface area contributed by atoms with Crippen molar-refractivity contribution in [2.75, 3.05) is 7.11 Å². The van der Waals surface area contributed by atoms with Gasteiger partial charge in [0.25, 0.3) is 0 Å². The van der Waals surface area contributed by atoms with Gasteiger partial charge in [0.2, 0.25) is 0 Å². The van der Waals surface area contributed by atoms with E-state index in [0.717, 1.165) is 6.42 Å². The Kier molecular flexibility index (Phi) is 2.98. The first kappa shape index (κ1) is 10.5. The van der Waals surface area contributed by atoms with Gasteiger partial charge in [-0.25, -0.2) is 0 Å². The summed E-state index contributed by atoms with van der Waals surface area (Å²) in [4.78, 5) is 11.3. The highest BCUT2D eigenvalue weighted by molar-refractivity contribution is 5.85. The molecule has 1 fully saturated rings. The van der Waals surface area contributed by atoms with Gasteiger partial charge in [-0.15, -0.1) is 12.4 Å². The Bertz CT molecular complexity index is 242. The third-order valence-corrected chi connectivity index (χ3v) is 2.99. The molecule has 2 rings (SSSR count). The number of esters is 1. The van der Waals surface area contributed by atoms with E-state index in [1.54, 1.807) is 0 Å². The first-order valence-corrected chi connectivity index (χ1v) is 4.26. The van der Waals surface area contributed by atoms with Crippen LogP contribution in [0.15, 0.2) is 12.2 Å². The maximum absolute atomic E-state index is 11.3. The normalized spacial score (nSPS) is 40.2. The van der Waals surface area contributed by atoms with Crippen LogP contribution in [0.3, 0.4) is 0 Å². The molecule has 0 radical (unpaired) electrons. The second-order valence-corrected chi connectivity index (χ2v) is 3.57. The minimum Gasteiger partial charge on any atom is -0.469 e. The number of carbonyl (C=O) groups is 1. The van der Waals surface area contributed by atoms with Gasteiger partial charge >= 0.3 is 5.97 Å². The number of hydrogen-bond donors (Lipinski definition) is 1. The maximum atomic E-state index is 11.3. The Morgan fingerprint density at radius 2 is 2.08 bits per heavy atom. The molecule has 2 bridgehead atoms. The summed E-state index contributed by atoms with van der Waals surface area (Å²) in [6.45, 7) is 0. The first-order chi connectivity index (χ1) is 5.74. The number of rotatable bonds is 1. The summed E-state index contributed by atoms with van der Waals surface area (Å²) < 4.78 is 4.70. The Morgan fingerprint density at radius 3 is 2.54 bits per heavy atom. The van der Waals surface area contributed by atoms with E-state index in [0.29, 0.717) is 11.8 Å². The van der Waals surface area contributed by atoms with Gasteiger partial charge in [0.1, 0.15) is 0 Å². The lowest BCUT2D eigenvalue weighted by Gasteiger charge is -2.21. The SMILES string of the molecule is COC(=O)C1C2C=CC(C2)C1N.Cl. The van der Waals surface area contributed by atoms with Gasteiger partial charge in [-0.3, -0.25) is 4.79 Å². The minimum atomic E-state index is -0.153. The van der Waals surface area contributed by atoms with Crippen molar-refractivity contribution in [1.82, 2.24) is 0 Å². The van der Waals surface area contributed by atoms with E-state index >= 15 is 0 Å². The highest BCUT2D eigenvalue weighted by atomic mass is 35.5. The third-order valence-electron chi connectivity index (χ3n) is 2.99. The highest BCUT2D eigenvalue weighted by Crippen LogP contribution is 2.42. The fraction of sp³-hybridized carbons (Fsp3) is 0.667. The number of carbonyl (C=O) groups excluding carboxylic acids is 1. The standard InChI is InChI=1S/C9H13NO2.ClH/c1-12-9(11)7-5-2-3-6(4-5)8(7)10;/h2-3,5-8H,4,10H2,1H3;1H. The van der Waals surface area contributed by atoms with Crippen molar-refractivity contribution in [1.29, 1.82) is 0 Å². The van der Waals surface area contributed by atoms with Crippen molar-refractivity contribution < 1.29 is 9.53 Å². The van der Waals surface area contributed by atoms with E-state index in [4.69, 9.17) is 10.5 Å². The molecule has 2 aliphatic carbocycles. The molecule has 0 aliphatic heterocycles. The van der Waals surface area contributed by atoms with Crippen molar-refractivity contribution >= 4 is 18.4 Å². The van der Waals surface area contributed by atoms with Crippen LogP contribution >= 0.6 is 12.4 Å². The van der Waals surface area contributed by atoms with Crippen LogP contribution in [-0.4, -0.2) is 19.1 Å². The molecule has 3 nitrogen and oxygen atoms in total. The fourth-order valence-electron chi connectivity index (χ4n) is 2.33. The average Bonchev–Trinajstić information content (AvgIpc) is 2.63. The van der Waals surface area contributed by atoms with E-state index in [9.17, 15) is 4.79 Å². The van der Waals surface area contributed by atoms with Crippen LogP contribution < -0.4 is 5.73 Å². The van der Waals surface area contributed by atoms with Gasteiger partial charge in [0, 0.05) is 6.04 Å². The van der Waals surface area contributed by atoms with Crippen LogP contribution in [0.1, 0.15) is 6.42 Å². The number of hydrogen-bond acceptors (Lipinski definition) is 3. The fourth-order valence-corrected chi connectivity index (χ4v) is 2.33. The Balaban J connectivity index is 0.000000845. The van der Waals surface area contributed by atoms with Crippen molar-refractivity contribution in [2.45, 2.75) is 12.5 Å². The van der Waals surface area contributed by atoms with Crippen LogP contribution in [0, 0.1) is 17.8 Å². The van der Waals surface area contributed by atoms with Gasteiger partial charge in [-0.05, 0) is 18.3 Å². The molecule has 2 N–H and O–H groups in total. The Labute approximate surface area is 83.7 Å². The summed E-state index contributed by atoms with van der Waals surface area (Å²) >= 11 is 0. The molecule has 0 spiro atoms. The molecular weight excluding hydrogens is 190 g/mol. The topological polar surface area (TPSA) is 52.3 Å². The molecule has 0 heterocycles. The number of methoxy groups -OCH3 is 1. The van der Waals surface area contributed by atoms with Gasteiger partial charge in [0.05, 0.1) is 13.0 Å². The lowest BCUT2D eigenvalue weighted by Crippen LogP contribution is -2.39. The van der Waals surface area contributed by atoms with Crippen LogP contribution in [0.5, 0.6) is 0 Å². The summed E-state index contributed by atoms with van der Waals surface area (Å²) in [6.07, 6.45) is 5.24. The van der Waals surface area contributed by atoms with Crippen LogP contribution in [-0.2, 0) is 9.53 Å². The van der Waals surface area contributed by atoms with E-state index < -0.39 is 0 Å². The summed E-state index contributed by atoms with van der Waals surface area (Å²) in [7, 11) is 1.42. The average molecular weight is 204 g/mol. The molecule has 0 aromatic carbocycles. The number of nitrogens with two attached hydrogens (primary N) is 1. The van der Waals surface area contributed by atoms with Crippen molar-refractivity contribution in [3.05, 3.63) is 12.2 Å². The minimum absolute atomic E-state index is 0. The van der Waals surface area contributed by atoms with Crippen molar-refractivity contribution in [2.24, 2.45) is 23.5 Å². The molecule has 0 saturated heterocycles.